The zero-order chi connectivity index (χ0) is 15.6. The molecular formula is C17H36OSi2. The number of hydrogen-bond acceptors (Lipinski definition) is 1. The van der Waals surface area contributed by atoms with Gasteiger partial charge in [-0.05, 0) is 24.6 Å². The monoisotopic (exact) mass is 312 g/mol. The highest BCUT2D eigenvalue weighted by Crippen LogP contribution is 2.34. The van der Waals surface area contributed by atoms with Gasteiger partial charge < -0.3 is 4.43 Å². The molecule has 3 heteroatoms. The largest absolute Gasteiger partial charge is 0.417 e. The molecule has 0 aromatic heterocycles. The molecule has 0 aliphatic rings. The fourth-order valence-electron chi connectivity index (χ4n) is 3.44. The Morgan fingerprint density at radius 2 is 1.30 bits per heavy atom. The molecule has 0 aromatic carbocycles. The van der Waals surface area contributed by atoms with Crippen molar-refractivity contribution in [2.24, 2.45) is 0 Å². The zero-order valence-electron chi connectivity index (χ0n) is 14.7. The second kappa shape index (κ2) is 9.81. The van der Waals surface area contributed by atoms with Crippen LogP contribution in [-0.2, 0) is 4.43 Å². The summed E-state index contributed by atoms with van der Waals surface area (Å²) in [6.45, 7) is 14.1. The van der Waals surface area contributed by atoms with Gasteiger partial charge in [0.15, 0.2) is 8.32 Å². The molecule has 118 valence electrons. The highest BCUT2D eigenvalue weighted by molar-refractivity contribution is 6.82. The molecule has 0 spiro atoms. The maximum Gasteiger partial charge on any atom is 0.191 e. The van der Waals surface area contributed by atoms with Crippen LogP contribution in [0.5, 0.6) is 0 Å². The Bertz CT molecular complexity index is 271. The van der Waals surface area contributed by atoms with Crippen LogP contribution in [0.1, 0.15) is 54.4 Å². The van der Waals surface area contributed by atoms with Crippen LogP contribution in [0.3, 0.4) is 0 Å². The Morgan fingerprint density at radius 3 is 1.60 bits per heavy atom. The summed E-state index contributed by atoms with van der Waals surface area (Å²) < 4.78 is 6.93. The van der Waals surface area contributed by atoms with Crippen LogP contribution < -0.4 is 0 Å². The number of terminal acetylenes is 1. The van der Waals surface area contributed by atoms with Crippen LogP contribution in [0.4, 0.5) is 0 Å². The van der Waals surface area contributed by atoms with Gasteiger partial charge in [0, 0.05) is 12.1 Å². The Morgan fingerprint density at radius 1 is 0.850 bits per heavy atom. The van der Waals surface area contributed by atoms with Crippen molar-refractivity contribution < 1.29 is 4.43 Å². The van der Waals surface area contributed by atoms with Gasteiger partial charge in [0.25, 0.3) is 0 Å². The first-order valence-electron chi connectivity index (χ1n) is 8.64. The van der Waals surface area contributed by atoms with Crippen molar-refractivity contribution in [3.8, 4) is 12.3 Å². The Hall–Kier alpha value is -0.0462. The summed E-state index contributed by atoms with van der Waals surface area (Å²) in [5, 5.41) is 0. The summed E-state index contributed by atoms with van der Waals surface area (Å²) in [6.07, 6.45) is 7.49. The minimum Gasteiger partial charge on any atom is -0.417 e. The molecule has 1 unspecified atom stereocenters. The van der Waals surface area contributed by atoms with Crippen molar-refractivity contribution in [2.45, 2.75) is 96.4 Å². The maximum atomic E-state index is 6.93. The van der Waals surface area contributed by atoms with Crippen LogP contribution in [0.15, 0.2) is 0 Å². The van der Waals surface area contributed by atoms with Gasteiger partial charge in [0.1, 0.15) is 0 Å². The quantitative estimate of drug-likeness (QED) is 0.344. The second-order valence-corrected chi connectivity index (χ2v) is 16.2. The standard InChI is InChI=1S/C17H36OSi2/c1-8-15-16-17(19(9-2,10-3)11-4)18-20(12-5,13-6)14-7/h1,17H,9-16H2,2-7H3. The highest BCUT2D eigenvalue weighted by Gasteiger charge is 2.41. The SMILES string of the molecule is C#CCCC(O[Si](CC)(CC)CC)[Si](CC)(CC)CC. The lowest BCUT2D eigenvalue weighted by Gasteiger charge is -2.43. The third-order valence-corrected chi connectivity index (χ3v) is 16.6. The summed E-state index contributed by atoms with van der Waals surface area (Å²) in [6, 6.07) is 7.72. The molecule has 20 heavy (non-hydrogen) atoms. The van der Waals surface area contributed by atoms with Crippen molar-refractivity contribution in [1.82, 2.24) is 0 Å². The van der Waals surface area contributed by atoms with E-state index >= 15 is 0 Å². The summed E-state index contributed by atoms with van der Waals surface area (Å²) in [7, 11) is -2.85. The van der Waals surface area contributed by atoms with E-state index in [0.717, 1.165) is 12.8 Å². The third-order valence-electron chi connectivity index (χ3n) is 5.67. The molecule has 0 radical (unpaired) electrons. The van der Waals surface area contributed by atoms with Crippen molar-refractivity contribution in [1.29, 1.82) is 0 Å². The van der Waals surface area contributed by atoms with E-state index in [0.29, 0.717) is 5.73 Å². The lowest BCUT2D eigenvalue weighted by atomic mass is 10.3. The molecule has 0 fully saturated rings. The van der Waals surface area contributed by atoms with Gasteiger partial charge in [-0.3, -0.25) is 0 Å². The van der Waals surface area contributed by atoms with Gasteiger partial charge in [-0.2, -0.15) is 0 Å². The van der Waals surface area contributed by atoms with Crippen LogP contribution in [0, 0.1) is 12.3 Å². The Balaban J connectivity index is 5.28. The molecule has 0 N–H and O–H groups in total. The summed E-state index contributed by atoms with van der Waals surface area (Å²) in [4.78, 5) is 0. The van der Waals surface area contributed by atoms with Crippen LogP contribution in [0.2, 0.25) is 36.3 Å². The van der Waals surface area contributed by atoms with Gasteiger partial charge >= 0.3 is 0 Å². The predicted molar refractivity (Wildman–Crippen MR) is 97.3 cm³/mol. The molecule has 0 heterocycles. The van der Waals surface area contributed by atoms with Gasteiger partial charge in [-0.1, -0.05) is 59.7 Å². The smallest absolute Gasteiger partial charge is 0.191 e. The fourth-order valence-corrected chi connectivity index (χ4v) is 11.5. The fraction of sp³-hybridized carbons (Fsp3) is 0.882. The molecule has 0 rings (SSSR count). The van der Waals surface area contributed by atoms with Crippen LogP contribution in [-0.4, -0.2) is 22.1 Å². The highest BCUT2D eigenvalue weighted by atomic mass is 28.4. The summed E-state index contributed by atoms with van der Waals surface area (Å²) >= 11 is 0. The van der Waals surface area contributed by atoms with E-state index in [1.54, 1.807) is 0 Å². The molecular weight excluding hydrogens is 276 g/mol. The molecule has 0 amide bonds. The molecule has 0 bridgehead atoms. The van der Waals surface area contributed by atoms with E-state index in [-0.39, 0.29) is 0 Å². The minimum atomic E-state index is -1.52. The maximum absolute atomic E-state index is 6.93. The molecule has 1 atom stereocenters. The van der Waals surface area contributed by atoms with Gasteiger partial charge in [0.2, 0.25) is 0 Å². The molecule has 0 saturated heterocycles. The van der Waals surface area contributed by atoms with E-state index < -0.39 is 16.4 Å². The summed E-state index contributed by atoms with van der Waals surface area (Å²) in [5.74, 6) is 2.84. The lowest BCUT2D eigenvalue weighted by Crippen LogP contribution is -2.53. The third kappa shape index (κ3) is 4.75. The molecule has 0 saturated carbocycles. The zero-order valence-corrected chi connectivity index (χ0v) is 16.7. The van der Waals surface area contributed by atoms with E-state index in [9.17, 15) is 0 Å². The molecule has 1 nitrogen and oxygen atoms in total. The first-order valence-corrected chi connectivity index (χ1v) is 13.9. The average Bonchev–Trinajstić information content (AvgIpc) is 2.51. The second-order valence-electron chi connectivity index (χ2n) is 6.02. The molecule has 0 aliphatic carbocycles. The van der Waals surface area contributed by atoms with Gasteiger partial charge in [-0.25, -0.2) is 0 Å². The van der Waals surface area contributed by atoms with Gasteiger partial charge in [-0.15, -0.1) is 12.3 Å². The van der Waals surface area contributed by atoms with E-state index in [1.165, 1.54) is 36.3 Å². The number of rotatable bonds is 11. The Kier molecular flexibility index (Phi) is 9.79. The van der Waals surface area contributed by atoms with E-state index in [1.807, 2.05) is 0 Å². The van der Waals surface area contributed by atoms with Crippen molar-refractivity contribution in [3.05, 3.63) is 0 Å². The average molecular weight is 313 g/mol. The Labute approximate surface area is 130 Å². The van der Waals surface area contributed by atoms with E-state index in [4.69, 9.17) is 10.8 Å². The van der Waals surface area contributed by atoms with Crippen molar-refractivity contribution in [2.75, 3.05) is 0 Å². The molecule has 0 aromatic rings. The molecule has 0 aliphatic heterocycles. The van der Waals surface area contributed by atoms with Crippen molar-refractivity contribution >= 4 is 16.4 Å². The minimum absolute atomic E-state index is 0.491. The lowest BCUT2D eigenvalue weighted by molar-refractivity contribution is 0.240. The number of hydrogen-bond donors (Lipinski definition) is 0. The first kappa shape index (κ1) is 20.0. The summed E-state index contributed by atoms with van der Waals surface area (Å²) in [5.41, 5.74) is 0.491. The van der Waals surface area contributed by atoms with Crippen molar-refractivity contribution in [3.63, 3.8) is 0 Å². The topological polar surface area (TPSA) is 9.23 Å². The first-order chi connectivity index (χ1) is 9.53. The normalized spacial score (nSPS) is 14.1. The van der Waals surface area contributed by atoms with E-state index in [2.05, 4.69) is 47.5 Å². The predicted octanol–water partition coefficient (Wildman–Crippen LogP) is 5.84. The van der Waals surface area contributed by atoms with Gasteiger partial charge in [0.05, 0.1) is 8.07 Å². The van der Waals surface area contributed by atoms with Crippen LogP contribution in [0.25, 0.3) is 0 Å². The van der Waals surface area contributed by atoms with Crippen LogP contribution >= 0.6 is 0 Å².